The first kappa shape index (κ1) is 19.6. The number of hydrogen-bond acceptors (Lipinski definition) is 4. The molecule has 0 saturated heterocycles. The Morgan fingerprint density at radius 3 is 2.48 bits per heavy atom. The molecule has 0 aliphatic heterocycles. The highest BCUT2D eigenvalue weighted by Gasteiger charge is 2.21. The van der Waals surface area contributed by atoms with E-state index < -0.39 is 5.97 Å². The van der Waals surface area contributed by atoms with Gasteiger partial charge in [-0.25, -0.2) is 4.79 Å². The lowest BCUT2D eigenvalue weighted by Gasteiger charge is -2.10. The molecule has 5 heteroatoms. The number of aromatic nitrogens is 1. The van der Waals surface area contributed by atoms with Crippen molar-refractivity contribution >= 4 is 23.1 Å². The van der Waals surface area contributed by atoms with Crippen molar-refractivity contribution in [2.45, 2.75) is 46.5 Å². The number of carbonyl (C=O) groups is 2. The lowest BCUT2D eigenvalue weighted by molar-refractivity contribution is 0.0479. The van der Waals surface area contributed by atoms with Gasteiger partial charge in [0.05, 0.1) is 0 Å². The molecular formula is C24H25NO3S. The zero-order valence-electron chi connectivity index (χ0n) is 17.1. The number of aryl methyl sites for hydroxylation is 4. The van der Waals surface area contributed by atoms with Gasteiger partial charge >= 0.3 is 5.97 Å². The second-order valence-electron chi connectivity index (χ2n) is 7.72. The first-order chi connectivity index (χ1) is 13.9. The van der Waals surface area contributed by atoms with Crippen molar-refractivity contribution < 1.29 is 14.3 Å². The highest BCUT2D eigenvalue weighted by Crippen LogP contribution is 2.30. The Labute approximate surface area is 175 Å². The van der Waals surface area contributed by atoms with Gasteiger partial charge in [0.2, 0.25) is 5.78 Å². The quantitative estimate of drug-likeness (QED) is 0.421. The van der Waals surface area contributed by atoms with Gasteiger partial charge in [0.15, 0.2) is 6.61 Å². The van der Waals surface area contributed by atoms with Gasteiger partial charge in [-0.1, -0.05) is 17.7 Å². The molecule has 0 fully saturated rings. The summed E-state index contributed by atoms with van der Waals surface area (Å²) in [5.41, 5.74) is 5.91. The Bertz CT molecular complexity index is 1050. The van der Waals surface area contributed by atoms with E-state index in [-0.39, 0.29) is 12.4 Å². The number of benzene rings is 1. The molecular weight excluding hydrogens is 382 g/mol. The topological polar surface area (TPSA) is 48.3 Å². The van der Waals surface area contributed by atoms with Crippen LogP contribution in [-0.4, -0.2) is 22.9 Å². The van der Waals surface area contributed by atoms with E-state index in [9.17, 15) is 9.59 Å². The van der Waals surface area contributed by atoms with Gasteiger partial charge < -0.3 is 9.30 Å². The first-order valence-electron chi connectivity index (χ1n) is 10.0. The summed E-state index contributed by atoms with van der Waals surface area (Å²) in [5, 5.41) is 0. The molecule has 0 amide bonds. The van der Waals surface area contributed by atoms with Gasteiger partial charge in [0.1, 0.15) is 4.88 Å². The highest BCUT2D eigenvalue weighted by molar-refractivity contribution is 7.14. The number of ether oxygens (including phenoxy) is 1. The Kier molecular flexibility index (Phi) is 5.41. The number of hydrogen-bond donors (Lipinski definition) is 0. The molecule has 0 bridgehead atoms. The molecule has 0 radical (unpaired) electrons. The monoisotopic (exact) mass is 407 g/mol. The molecule has 1 aromatic carbocycles. The van der Waals surface area contributed by atoms with Crippen molar-refractivity contribution in [2.75, 3.05) is 6.61 Å². The van der Waals surface area contributed by atoms with Crippen molar-refractivity contribution in [3.63, 3.8) is 0 Å². The van der Waals surface area contributed by atoms with E-state index in [1.165, 1.54) is 40.2 Å². The normalized spacial score (nSPS) is 13.2. The number of Topliss-reactive ketones (excluding diaryl/α,β-unsaturated/α-hetero) is 1. The molecule has 0 atom stereocenters. The molecule has 0 N–H and O–H groups in total. The molecule has 0 spiro atoms. The molecule has 1 aliphatic rings. The fourth-order valence-electron chi connectivity index (χ4n) is 4.01. The van der Waals surface area contributed by atoms with Crippen LogP contribution in [0.15, 0.2) is 36.4 Å². The SMILES string of the molecule is Cc1ccc(-n2c(C)cc(C(=O)COC(=O)c3cc4c(s3)CCCC4)c2C)cc1. The van der Waals surface area contributed by atoms with Crippen molar-refractivity contribution in [1.29, 1.82) is 0 Å². The third-order valence-corrected chi connectivity index (χ3v) is 6.77. The van der Waals surface area contributed by atoms with Crippen LogP contribution in [0.3, 0.4) is 0 Å². The number of rotatable bonds is 5. The van der Waals surface area contributed by atoms with E-state index in [1.807, 2.05) is 45.0 Å². The van der Waals surface area contributed by atoms with Crippen LogP contribution < -0.4 is 0 Å². The Morgan fingerprint density at radius 2 is 1.76 bits per heavy atom. The number of fused-ring (bicyclic) bond motifs is 1. The zero-order chi connectivity index (χ0) is 20.5. The molecule has 3 aromatic rings. The van der Waals surface area contributed by atoms with E-state index in [0.717, 1.165) is 29.9 Å². The van der Waals surface area contributed by atoms with Gasteiger partial charge in [-0.2, -0.15) is 0 Å². The fourth-order valence-corrected chi connectivity index (χ4v) is 5.15. The predicted molar refractivity (Wildman–Crippen MR) is 116 cm³/mol. The summed E-state index contributed by atoms with van der Waals surface area (Å²) in [4.78, 5) is 27.1. The van der Waals surface area contributed by atoms with Gasteiger partial charge in [-0.05, 0) is 76.3 Å². The van der Waals surface area contributed by atoms with Gasteiger partial charge in [-0.3, -0.25) is 4.79 Å². The van der Waals surface area contributed by atoms with Crippen LogP contribution in [0.1, 0.15) is 60.3 Å². The van der Waals surface area contributed by atoms with Crippen LogP contribution in [0.4, 0.5) is 0 Å². The van der Waals surface area contributed by atoms with E-state index >= 15 is 0 Å². The molecule has 29 heavy (non-hydrogen) atoms. The summed E-state index contributed by atoms with van der Waals surface area (Å²) in [6, 6.07) is 12.0. The van der Waals surface area contributed by atoms with E-state index in [4.69, 9.17) is 4.74 Å². The summed E-state index contributed by atoms with van der Waals surface area (Å²) in [7, 11) is 0. The average molecular weight is 408 g/mol. The van der Waals surface area contributed by atoms with Crippen molar-refractivity contribution in [3.8, 4) is 5.69 Å². The summed E-state index contributed by atoms with van der Waals surface area (Å²) >= 11 is 1.51. The average Bonchev–Trinajstić information content (AvgIpc) is 3.27. The van der Waals surface area contributed by atoms with Crippen LogP contribution in [0.2, 0.25) is 0 Å². The Balaban J connectivity index is 1.47. The smallest absolute Gasteiger partial charge is 0.348 e. The second-order valence-corrected chi connectivity index (χ2v) is 8.86. The van der Waals surface area contributed by atoms with Crippen molar-refractivity contribution in [1.82, 2.24) is 4.57 Å². The lowest BCUT2D eigenvalue weighted by atomic mass is 9.99. The minimum absolute atomic E-state index is 0.175. The summed E-state index contributed by atoms with van der Waals surface area (Å²) in [6.45, 7) is 5.72. The van der Waals surface area contributed by atoms with Crippen molar-refractivity contribution in [3.05, 3.63) is 74.2 Å². The maximum absolute atomic E-state index is 12.8. The third-order valence-electron chi connectivity index (χ3n) is 5.56. The lowest BCUT2D eigenvalue weighted by Crippen LogP contribution is -2.14. The Hall–Kier alpha value is -2.66. The molecule has 2 aromatic heterocycles. The summed E-state index contributed by atoms with van der Waals surface area (Å²) in [6.07, 6.45) is 4.42. The minimum Gasteiger partial charge on any atom is -0.453 e. The first-order valence-corrected chi connectivity index (χ1v) is 10.8. The largest absolute Gasteiger partial charge is 0.453 e. The molecule has 1 aliphatic carbocycles. The third kappa shape index (κ3) is 3.92. The predicted octanol–water partition coefficient (Wildman–Crippen LogP) is 5.38. The second kappa shape index (κ2) is 7.99. The van der Waals surface area contributed by atoms with E-state index in [0.29, 0.717) is 10.4 Å². The number of thiophene rings is 1. The van der Waals surface area contributed by atoms with Crippen LogP contribution in [0, 0.1) is 20.8 Å². The Morgan fingerprint density at radius 1 is 1.03 bits per heavy atom. The van der Waals surface area contributed by atoms with Crippen molar-refractivity contribution in [2.24, 2.45) is 0 Å². The van der Waals surface area contributed by atoms with E-state index in [2.05, 4.69) is 16.7 Å². The number of ketones is 1. The molecule has 2 heterocycles. The molecule has 150 valence electrons. The van der Waals surface area contributed by atoms with Crippen LogP contribution in [0.5, 0.6) is 0 Å². The number of carbonyl (C=O) groups excluding carboxylic acids is 2. The molecule has 0 unspecified atom stereocenters. The summed E-state index contributed by atoms with van der Waals surface area (Å²) < 4.78 is 7.42. The standard InChI is InChI=1S/C24H25NO3S/c1-15-8-10-19(11-9-15)25-16(2)12-20(17(25)3)21(26)14-28-24(27)23-13-18-6-4-5-7-22(18)29-23/h8-13H,4-7,14H2,1-3H3. The molecule has 4 rings (SSSR count). The maximum Gasteiger partial charge on any atom is 0.348 e. The molecule has 0 saturated carbocycles. The maximum atomic E-state index is 12.8. The van der Waals surface area contributed by atoms with Gasteiger partial charge in [0, 0.05) is 27.5 Å². The van der Waals surface area contributed by atoms with Crippen LogP contribution in [0.25, 0.3) is 5.69 Å². The van der Waals surface area contributed by atoms with Crippen LogP contribution in [-0.2, 0) is 17.6 Å². The van der Waals surface area contributed by atoms with Gasteiger partial charge in [0.25, 0.3) is 0 Å². The van der Waals surface area contributed by atoms with Gasteiger partial charge in [-0.15, -0.1) is 11.3 Å². The highest BCUT2D eigenvalue weighted by atomic mass is 32.1. The number of esters is 1. The van der Waals surface area contributed by atoms with Crippen LogP contribution >= 0.6 is 11.3 Å². The van der Waals surface area contributed by atoms with E-state index in [1.54, 1.807) is 0 Å². The number of nitrogens with zero attached hydrogens (tertiary/aromatic N) is 1. The fraction of sp³-hybridized carbons (Fsp3) is 0.333. The zero-order valence-corrected chi connectivity index (χ0v) is 17.9. The summed E-state index contributed by atoms with van der Waals surface area (Å²) in [5.74, 6) is -0.573. The minimum atomic E-state index is -0.398. The molecule has 4 nitrogen and oxygen atoms in total.